The Hall–Kier alpha value is -4.24. The van der Waals surface area contributed by atoms with Gasteiger partial charge in [0.2, 0.25) is 11.8 Å². The lowest BCUT2D eigenvalue weighted by molar-refractivity contribution is -0.134. The number of aryl methyl sites for hydroxylation is 1. The molecule has 0 unspecified atom stereocenters. The van der Waals surface area contributed by atoms with E-state index >= 15 is 0 Å². The Kier molecular flexibility index (Phi) is 12.9. The molecule has 0 radical (unpaired) electrons. The summed E-state index contributed by atoms with van der Waals surface area (Å²) in [5, 5.41) is 3.86. The third-order valence-electron chi connectivity index (χ3n) is 7.31. The fourth-order valence-electron chi connectivity index (χ4n) is 4.71. The maximum Gasteiger partial charge on any atom is 0.422 e. The van der Waals surface area contributed by atoms with Crippen LogP contribution in [0.15, 0.2) is 37.3 Å². The summed E-state index contributed by atoms with van der Waals surface area (Å²) in [5.74, 6) is -1.65. The molecule has 1 saturated heterocycles. The zero-order valence-corrected chi connectivity index (χ0v) is 25.5. The van der Waals surface area contributed by atoms with E-state index in [1.54, 1.807) is 19.0 Å². The molecule has 16 heteroatoms. The predicted octanol–water partition coefficient (Wildman–Crippen LogP) is 0.762. The van der Waals surface area contributed by atoms with Crippen molar-refractivity contribution in [3.8, 4) is 0 Å². The summed E-state index contributed by atoms with van der Waals surface area (Å²) in [6, 6.07) is 2.74. The van der Waals surface area contributed by atoms with E-state index in [2.05, 4.69) is 14.4 Å². The number of likely N-dealkylation sites (tertiary alicyclic amines) is 1. The summed E-state index contributed by atoms with van der Waals surface area (Å²) in [7, 11) is 4.75. The lowest BCUT2D eigenvalue weighted by Crippen LogP contribution is -2.47. The number of rotatable bonds is 16. The summed E-state index contributed by atoms with van der Waals surface area (Å²) in [6.45, 7) is 4.71. The van der Waals surface area contributed by atoms with Crippen molar-refractivity contribution in [3.63, 3.8) is 0 Å². The number of likely N-dealkylation sites (N-methyl/N-ethyl adjacent to an activating group) is 2. The van der Waals surface area contributed by atoms with Gasteiger partial charge in [-0.3, -0.25) is 19.0 Å². The van der Waals surface area contributed by atoms with Crippen molar-refractivity contribution in [1.29, 1.82) is 0 Å². The number of hydrogen-bond acceptors (Lipinski definition) is 10. The van der Waals surface area contributed by atoms with Crippen LogP contribution >= 0.6 is 0 Å². The molecule has 3 rings (SSSR count). The lowest BCUT2D eigenvalue weighted by atomic mass is 10.1. The molecule has 0 aliphatic carbocycles. The van der Waals surface area contributed by atoms with Crippen molar-refractivity contribution in [3.05, 3.63) is 55.2 Å². The molecule has 0 spiro atoms. The molecule has 2 heterocycles. The van der Waals surface area contributed by atoms with Crippen LogP contribution in [0.4, 0.5) is 0 Å². The van der Waals surface area contributed by atoms with Crippen molar-refractivity contribution >= 4 is 28.6 Å². The Morgan fingerprint density at radius 3 is 2.25 bits per heavy atom. The van der Waals surface area contributed by atoms with E-state index in [9.17, 15) is 24.0 Å². The first-order valence-corrected chi connectivity index (χ1v) is 14.3. The highest BCUT2D eigenvalue weighted by molar-refractivity contribution is 6.00. The van der Waals surface area contributed by atoms with Crippen LogP contribution in [0.1, 0.15) is 30.1 Å². The number of carbonyl (C=O) groups is 3. The van der Waals surface area contributed by atoms with Gasteiger partial charge in [-0.15, -0.1) is 0 Å². The van der Waals surface area contributed by atoms with Gasteiger partial charge in [-0.2, -0.15) is 0 Å². The Balaban J connectivity index is 1.48. The molecule has 1 aliphatic heterocycles. The number of hydrogen-bond donors (Lipinski definition) is 0. The Labute approximate surface area is 253 Å². The third-order valence-corrected chi connectivity index (χ3v) is 7.31. The van der Waals surface area contributed by atoms with Gasteiger partial charge in [0.25, 0.3) is 5.91 Å². The van der Waals surface area contributed by atoms with Crippen molar-refractivity contribution in [2.24, 2.45) is 12.2 Å². The van der Waals surface area contributed by atoms with Gasteiger partial charge in [-0.05, 0) is 30.2 Å². The number of nitrogens with zero attached hydrogens (tertiary/aromatic N) is 7. The van der Waals surface area contributed by atoms with Gasteiger partial charge in [0.05, 0.1) is 56.6 Å². The quantitative estimate of drug-likeness (QED) is 0.113. The third kappa shape index (κ3) is 8.89. The van der Waals surface area contributed by atoms with E-state index in [0.717, 1.165) is 4.57 Å². The second kappa shape index (κ2) is 16.6. The molecular formula is C28H39N7O9. The van der Waals surface area contributed by atoms with E-state index in [0.29, 0.717) is 46.0 Å². The predicted molar refractivity (Wildman–Crippen MR) is 158 cm³/mol. The second-order valence-corrected chi connectivity index (χ2v) is 10.3. The van der Waals surface area contributed by atoms with Crippen LogP contribution in [0.25, 0.3) is 21.3 Å². The molecule has 0 bridgehead atoms. The van der Waals surface area contributed by atoms with E-state index < -0.39 is 29.4 Å². The first-order valence-electron chi connectivity index (χ1n) is 14.3. The highest BCUT2D eigenvalue weighted by Crippen LogP contribution is 2.25. The van der Waals surface area contributed by atoms with Crippen molar-refractivity contribution in [2.45, 2.75) is 31.8 Å². The maximum absolute atomic E-state index is 13.5. The van der Waals surface area contributed by atoms with Crippen LogP contribution in [-0.4, -0.2) is 122 Å². The zero-order valence-electron chi connectivity index (χ0n) is 25.5. The molecule has 1 aromatic carbocycles. The average molecular weight is 618 g/mol. The van der Waals surface area contributed by atoms with Gasteiger partial charge in [0.15, 0.2) is 0 Å². The van der Waals surface area contributed by atoms with E-state index in [-0.39, 0.29) is 54.4 Å². The van der Waals surface area contributed by atoms with E-state index in [1.807, 2.05) is 6.92 Å². The molecule has 240 valence electrons. The van der Waals surface area contributed by atoms with Crippen molar-refractivity contribution in [2.75, 3.05) is 73.4 Å². The number of fused-ring (bicyclic) bond motifs is 1. The number of ether oxygens (including phenoxy) is 3. The Morgan fingerprint density at radius 1 is 1.02 bits per heavy atom. The smallest absolute Gasteiger partial charge is 0.377 e. The summed E-state index contributed by atoms with van der Waals surface area (Å²) in [5.41, 5.74) is 8.51. The SMILES string of the molecule is CCC(=O)N(C)CCOCCOCCOCCN(C)C(=O)[C@@H]1C[C@H](N=[N+]=[N-])CN1C(=O)c1ccc2c(=O)oc(=O)n(C)c2c1. The Morgan fingerprint density at radius 2 is 1.64 bits per heavy atom. The molecule has 3 amide bonds. The van der Waals surface area contributed by atoms with Crippen LogP contribution < -0.4 is 11.4 Å². The second-order valence-electron chi connectivity index (χ2n) is 10.3. The molecule has 1 aliphatic rings. The summed E-state index contributed by atoms with van der Waals surface area (Å²) in [4.78, 5) is 69.7. The molecule has 2 atom stereocenters. The van der Waals surface area contributed by atoms with Gasteiger partial charge in [0, 0.05) is 57.7 Å². The molecule has 16 nitrogen and oxygen atoms in total. The van der Waals surface area contributed by atoms with Crippen molar-refractivity contribution < 1.29 is 33.0 Å². The number of amides is 3. The minimum atomic E-state index is -0.883. The molecule has 2 aromatic rings. The van der Waals surface area contributed by atoms with Crippen LogP contribution in [0, 0.1) is 0 Å². The Bertz CT molecular complexity index is 1480. The molecular weight excluding hydrogens is 578 g/mol. The number of azide groups is 1. The highest BCUT2D eigenvalue weighted by Gasteiger charge is 2.40. The molecule has 44 heavy (non-hydrogen) atoms. The zero-order chi connectivity index (χ0) is 32.2. The minimum Gasteiger partial charge on any atom is -0.377 e. The van der Waals surface area contributed by atoms with Crippen LogP contribution in [-0.2, 0) is 30.8 Å². The lowest BCUT2D eigenvalue weighted by Gasteiger charge is -2.28. The number of aromatic nitrogens is 1. The number of benzene rings is 1. The normalized spacial score (nSPS) is 16.1. The first kappa shape index (κ1) is 34.3. The topological polar surface area (TPSA) is 190 Å². The van der Waals surface area contributed by atoms with Gasteiger partial charge in [-0.1, -0.05) is 12.0 Å². The van der Waals surface area contributed by atoms with Gasteiger partial charge >= 0.3 is 11.4 Å². The van der Waals surface area contributed by atoms with Crippen LogP contribution in [0.2, 0.25) is 0 Å². The molecule has 0 N–H and O–H groups in total. The maximum atomic E-state index is 13.5. The molecule has 1 fully saturated rings. The van der Waals surface area contributed by atoms with Gasteiger partial charge in [0.1, 0.15) is 6.04 Å². The van der Waals surface area contributed by atoms with Crippen molar-refractivity contribution in [1.82, 2.24) is 19.3 Å². The first-order chi connectivity index (χ1) is 21.1. The van der Waals surface area contributed by atoms with E-state index in [1.165, 1.54) is 35.0 Å². The molecule has 1 aromatic heterocycles. The van der Waals surface area contributed by atoms with Gasteiger partial charge in [-0.25, -0.2) is 9.59 Å². The minimum absolute atomic E-state index is 0.0339. The largest absolute Gasteiger partial charge is 0.422 e. The summed E-state index contributed by atoms with van der Waals surface area (Å²) in [6.07, 6.45) is 0.608. The number of carbonyl (C=O) groups excluding carboxylic acids is 3. The van der Waals surface area contributed by atoms with Gasteiger partial charge < -0.3 is 33.3 Å². The summed E-state index contributed by atoms with van der Waals surface area (Å²) < 4.78 is 22.3. The molecule has 0 saturated carbocycles. The monoisotopic (exact) mass is 617 g/mol. The fraction of sp³-hybridized carbons (Fsp3) is 0.607. The van der Waals surface area contributed by atoms with E-state index in [4.69, 9.17) is 19.7 Å². The van der Waals surface area contributed by atoms with Crippen LogP contribution in [0.3, 0.4) is 0 Å². The standard InChI is InChI=1S/C28H39N7O9/c1-5-24(36)32(2)8-10-41-12-14-43-15-13-42-11-9-33(3)26(38)23-17-20(30-31-29)18-35(23)25(37)19-6-7-21-22(16-19)34(4)28(40)44-27(21)39/h6-7,16,20,23H,5,8-15,17-18H2,1-4H3/t20-,23-/m0/s1. The fourth-order valence-corrected chi connectivity index (χ4v) is 4.71. The average Bonchev–Trinajstić information content (AvgIpc) is 3.44. The highest BCUT2D eigenvalue weighted by atomic mass is 16.5. The summed E-state index contributed by atoms with van der Waals surface area (Å²) >= 11 is 0. The van der Waals surface area contributed by atoms with Crippen LogP contribution in [0.5, 0.6) is 0 Å².